The molecule has 16 heavy (non-hydrogen) atoms. The van der Waals surface area contributed by atoms with Gasteiger partial charge in [-0.2, -0.15) is 0 Å². The van der Waals surface area contributed by atoms with Crippen molar-refractivity contribution in [2.45, 2.75) is 71.8 Å². The van der Waals surface area contributed by atoms with E-state index in [0.717, 1.165) is 19.8 Å². The quantitative estimate of drug-likeness (QED) is 0.515. The topological polar surface area (TPSA) is 21.3 Å². The first-order chi connectivity index (χ1) is 7.81. The van der Waals surface area contributed by atoms with Crippen LogP contribution >= 0.6 is 0 Å². The second-order valence-electron chi connectivity index (χ2n) is 4.67. The average molecular weight is 229 g/mol. The molecule has 0 heterocycles. The molecule has 0 aliphatic rings. The Balaban J connectivity index is 3.06. The molecule has 1 unspecified atom stereocenters. The average Bonchev–Trinajstić information content (AvgIpc) is 2.28. The SMILES string of the molecule is CCCCCOCCNC(C)CCCCC. The lowest BCUT2D eigenvalue weighted by atomic mass is 10.1. The standard InChI is InChI=1S/C14H31NO/c1-4-6-8-10-14(3)15-11-13-16-12-9-7-5-2/h14-15H,4-13H2,1-3H3. The van der Waals surface area contributed by atoms with Gasteiger partial charge < -0.3 is 10.1 Å². The third-order valence-electron chi connectivity index (χ3n) is 2.87. The van der Waals surface area contributed by atoms with Crippen molar-refractivity contribution in [3.63, 3.8) is 0 Å². The lowest BCUT2D eigenvalue weighted by Crippen LogP contribution is -2.29. The predicted octanol–water partition coefficient (Wildman–Crippen LogP) is 3.75. The van der Waals surface area contributed by atoms with Crippen LogP contribution in [-0.2, 0) is 4.74 Å². The van der Waals surface area contributed by atoms with E-state index in [1.807, 2.05) is 0 Å². The van der Waals surface area contributed by atoms with Crippen molar-refractivity contribution < 1.29 is 4.74 Å². The Labute approximate surface area is 102 Å². The van der Waals surface area contributed by atoms with Gasteiger partial charge in [0.1, 0.15) is 0 Å². The Morgan fingerprint density at radius 3 is 2.31 bits per heavy atom. The number of rotatable bonds is 12. The zero-order valence-corrected chi connectivity index (χ0v) is 11.6. The summed E-state index contributed by atoms with van der Waals surface area (Å²) >= 11 is 0. The number of ether oxygens (including phenoxy) is 1. The Kier molecular flexibility index (Phi) is 12.9. The molecule has 0 amide bonds. The predicted molar refractivity (Wildman–Crippen MR) is 72.0 cm³/mol. The van der Waals surface area contributed by atoms with Crippen LogP contribution in [0.5, 0.6) is 0 Å². The molecule has 0 spiro atoms. The Morgan fingerprint density at radius 2 is 1.62 bits per heavy atom. The van der Waals surface area contributed by atoms with Crippen LogP contribution < -0.4 is 5.32 Å². The molecule has 0 bridgehead atoms. The zero-order chi connectivity index (χ0) is 12.1. The molecule has 0 aromatic carbocycles. The molecule has 1 atom stereocenters. The molecule has 0 aliphatic carbocycles. The molecule has 2 heteroatoms. The first kappa shape index (κ1) is 15.9. The van der Waals surface area contributed by atoms with Crippen LogP contribution in [0.4, 0.5) is 0 Å². The highest BCUT2D eigenvalue weighted by Gasteiger charge is 1.99. The highest BCUT2D eigenvalue weighted by atomic mass is 16.5. The van der Waals surface area contributed by atoms with Crippen LogP contribution in [0.2, 0.25) is 0 Å². The fourth-order valence-electron chi connectivity index (χ4n) is 1.74. The molecule has 0 aliphatic heterocycles. The van der Waals surface area contributed by atoms with Gasteiger partial charge in [0.15, 0.2) is 0 Å². The van der Waals surface area contributed by atoms with Gasteiger partial charge in [-0.15, -0.1) is 0 Å². The zero-order valence-electron chi connectivity index (χ0n) is 11.6. The lowest BCUT2D eigenvalue weighted by Gasteiger charge is -2.13. The van der Waals surface area contributed by atoms with Gasteiger partial charge in [-0.3, -0.25) is 0 Å². The second-order valence-corrected chi connectivity index (χ2v) is 4.67. The maximum atomic E-state index is 5.55. The van der Waals surface area contributed by atoms with Gasteiger partial charge in [-0.25, -0.2) is 0 Å². The lowest BCUT2D eigenvalue weighted by molar-refractivity contribution is 0.130. The Bertz CT molecular complexity index is 128. The van der Waals surface area contributed by atoms with Crippen LogP contribution in [0.15, 0.2) is 0 Å². The summed E-state index contributed by atoms with van der Waals surface area (Å²) in [6.45, 7) is 9.54. The van der Waals surface area contributed by atoms with E-state index in [1.165, 1.54) is 44.9 Å². The van der Waals surface area contributed by atoms with E-state index in [9.17, 15) is 0 Å². The molecule has 0 aromatic heterocycles. The maximum Gasteiger partial charge on any atom is 0.0590 e. The first-order valence-corrected chi connectivity index (χ1v) is 7.12. The fraction of sp³-hybridized carbons (Fsp3) is 1.00. The minimum absolute atomic E-state index is 0.644. The summed E-state index contributed by atoms with van der Waals surface area (Å²) in [5.41, 5.74) is 0. The molecule has 0 aromatic rings. The third kappa shape index (κ3) is 12.0. The molecule has 2 nitrogen and oxygen atoms in total. The molecule has 0 radical (unpaired) electrons. The molecule has 0 saturated carbocycles. The first-order valence-electron chi connectivity index (χ1n) is 7.12. The van der Waals surface area contributed by atoms with Crippen molar-refractivity contribution in [3.05, 3.63) is 0 Å². The van der Waals surface area contributed by atoms with Crippen molar-refractivity contribution in [2.24, 2.45) is 0 Å². The van der Waals surface area contributed by atoms with Crippen LogP contribution in [0.3, 0.4) is 0 Å². The van der Waals surface area contributed by atoms with Gasteiger partial charge in [-0.1, -0.05) is 46.0 Å². The van der Waals surface area contributed by atoms with Crippen molar-refractivity contribution in [3.8, 4) is 0 Å². The summed E-state index contributed by atoms with van der Waals surface area (Å²) in [6, 6.07) is 0.644. The van der Waals surface area contributed by atoms with E-state index in [0.29, 0.717) is 6.04 Å². The highest BCUT2D eigenvalue weighted by Crippen LogP contribution is 2.02. The van der Waals surface area contributed by atoms with Crippen molar-refractivity contribution >= 4 is 0 Å². The van der Waals surface area contributed by atoms with E-state index in [1.54, 1.807) is 0 Å². The van der Waals surface area contributed by atoms with E-state index >= 15 is 0 Å². The summed E-state index contributed by atoms with van der Waals surface area (Å²) in [5, 5.41) is 3.51. The Morgan fingerprint density at radius 1 is 0.938 bits per heavy atom. The minimum atomic E-state index is 0.644. The van der Waals surface area contributed by atoms with Crippen molar-refractivity contribution in [1.82, 2.24) is 5.32 Å². The van der Waals surface area contributed by atoms with Gasteiger partial charge in [0.25, 0.3) is 0 Å². The number of hydrogen-bond donors (Lipinski definition) is 1. The van der Waals surface area contributed by atoms with E-state index < -0.39 is 0 Å². The molecular formula is C14H31NO. The number of unbranched alkanes of at least 4 members (excludes halogenated alkanes) is 4. The van der Waals surface area contributed by atoms with E-state index in [-0.39, 0.29) is 0 Å². The highest BCUT2D eigenvalue weighted by molar-refractivity contribution is 4.59. The Hall–Kier alpha value is -0.0800. The monoisotopic (exact) mass is 229 g/mol. The molecule has 98 valence electrons. The van der Waals surface area contributed by atoms with Crippen LogP contribution in [-0.4, -0.2) is 25.8 Å². The van der Waals surface area contributed by atoms with Gasteiger partial charge in [0.05, 0.1) is 6.61 Å². The van der Waals surface area contributed by atoms with Gasteiger partial charge >= 0.3 is 0 Å². The molecule has 0 rings (SSSR count). The van der Waals surface area contributed by atoms with Crippen LogP contribution in [0.25, 0.3) is 0 Å². The number of hydrogen-bond acceptors (Lipinski definition) is 2. The number of nitrogens with one attached hydrogen (secondary N) is 1. The van der Waals surface area contributed by atoms with Crippen molar-refractivity contribution in [2.75, 3.05) is 19.8 Å². The minimum Gasteiger partial charge on any atom is -0.380 e. The second kappa shape index (κ2) is 13.0. The smallest absolute Gasteiger partial charge is 0.0590 e. The summed E-state index contributed by atoms with van der Waals surface area (Å²) in [4.78, 5) is 0. The van der Waals surface area contributed by atoms with Crippen LogP contribution in [0.1, 0.15) is 65.7 Å². The summed E-state index contributed by atoms with van der Waals surface area (Å²) in [5.74, 6) is 0. The van der Waals surface area contributed by atoms with E-state index in [2.05, 4.69) is 26.1 Å². The van der Waals surface area contributed by atoms with Gasteiger partial charge in [0.2, 0.25) is 0 Å². The molecular weight excluding hydrogens is 198 g/mol. The van der Waals surface area contributed by atoms with Crippen LogP contribution in [0, 0.1) is 0 Å². The third-order valence-corrected chi connectivity index (χ3v) is 2.87. The molecule has 0 fully saturated rings. The summed E-state index contributed by atoms with van der Waals surface area (Å²) in [6.07, 6.45) is 9.10. The molecule has 0 saturated heterocycles. The summed E-state index contributed by atoms with van der Waals surface area (Å²) < 4.78 is 5.55. The summed E-state index contributed by atoms with van der Waals surface area (Å²) in [7, 11) is 0. The maximum absolute atomic E-state index is 5.55. The van der Waals surface area contributed by atoms with Gasteiger partial charge in [0, 0.05) is 19.2 Å². The van der Waals surface area contributed by atoms with Gasteiger partial charge in [-0.05, 0) is 19.8 Å². The normalized spacial score (nSPS) is 12.9. The van der Waals surface area contributed by atoms with Crippen molar-refractivity contribution in [1.29, 1.82) is 0 Å². The van der Waals surface area contributed by atoms with E-state index in [4.69, 9.17) is 4.74 Å². The fourth-order valence-corrected chi connectivity index (χ4v) is 1.74. The molecule has 1 N–H and O–H groups in total. The largest absolute Gasteiger partial charge is 0.380 e.